The predicted octanol–water partition coefficient (Wildman–Crippen LogP) is 3.52. The third-order valence-electron chi connectivity index (χ3n) is 4.15. The van der Waals surface area contributed by atoms with Crippen molar-refractivity contribution in [2.24, 2.45) is 0 Å². The molecule has 7 heteroatoms. The summed E-state index contributed by atoms with van der Waals surface area (Å²) < 4.78 is 11.9. The summed E-state index contributed by atoms with van der Waals surface area (Å²) in [5.41, 5.74) is 2.60. The summed E-state index contributed by atoms with van der Waals surface area (Å²) in [5, 5.41) is 6.94. The van der Waals surface area contributed by atoms with Gasteiger partial charge in [-0.05, 0) is 48.4 Å². The van der Waals surface area contributed by atoms with Gasteiger partial charge in [0.1, 0.15) is 5.75 Å². The second-order valence-corrected chi connectivity index (χ2v) is 6.06. The number of hydrogen-bond donors (Lipinski definition) is 1. The van der Waals surface area contributed by atoms with Crippen molar-refractivity contribution in [2.45, 2.75) is 20.1 Å². The van der Waals surface area contributed by atoms with E-state index in [9.17, 15) is 9.59 Å². The van der Waals surface area contributed by atoms with Crippen LogP contribution in [0.5, 0.6) is 5.75 Å². The summed E-state index contributed by atoms with van der Waals surface area (Å²) in [4.78, 5) is 23.8. The molecule has 2 aromatic carbocycles. The Labute approximate surface area is 162 Å². The monoisotopic (exact) mass is 379 g/mol. The van der Waals surface area contributed by atoms with E-state index < -0.39 is 5.97 Å². The quantitative estimate of drug-likeness (QED) is 0.635. The van der Waals surface area contributed by atoms with E-state index in [0.29, 0.717) is 16.8 Å². The van der Waals surface area contributed by atoms with Gasteiger partial charge in [-0.3, -0.25) is 4.79 Å². The predicted molar refractivity (Wildman–Crippen MR) is 104 cm³/mol. The van der Waals surface area contributed by atoms with Crippen LogP contribution >= 0.6 is 0 Å². The Bertz CT molecular complexity index is 947. The molecule has 3 aromatic rings. The number of methoxy groups -OCH3 is 1. The molecule has 0 aliphatic carbocycles. The fourth-order valence-electron chi connectivity index (χ4n) is 2.54. The van der Waals surface area contributed by atoms with E-state index in [2.05, 4.69) is 22.1 Å². The van der Waals surface area contributed by atoms with Crippen molar-refractivity contribution in [1.29, 1.82) is 0 Å². The molecular formula is C21H21N3O4. The lowest BCUT2D eigenvalue weighted by molar-refractivity contribution is 0.0600. The number of carbonyl (C=O) groups is 2. The number of aryl methyl sites for hydroxylation is 1. The number of anilines is 1. The molecule has 0 radical (unpaired) electrons. The SMILES string of the molecule is CCc1ccc(OCn2cc(NC(=O)c3ccc(C(=O)OC)cc3)cn2)cc1. The first kappa shape index (κ1) is 19.2. The lowest BCUT2D eigenvalue weighted by Gasteiger charge is -2.07. The molecule has 0 atom stereocenters. The Morgan fingerprint density at radius 2 is 1.71 bits per heavy atom. The molecule has 144 valence electrons. The van der Waals surface area contributed by atoms with E-state index in [1.54, 1.807) is 41.3 Å². The summed E-state index contributed by atoms with van der Waals surface area (Å²) in [6.07, 6.45) is 4.21. The van der Waals surface area contributed by atoms with E-state index in [4.69, 9.17) is 4.74 Å². The summed E-state index contributed by atoms with van der Waals surface area (Å²) in [7, 11) is 1.31. The molecule has 0 bridgehead atoms. The van der Waals surface area contributed by atoms with E-state index >= 15 is 0 Å². The van der Waals surface area contributed by atoms with Gasteiger partial charge in [0.2, 0.25) is 0 Å². The number of nitrogens with one attached hydrogen (secondary N) is 1. The Hall–Kier alpha value is -3.61. The van der Waals surface area contributed by atoms with Gasteiger partial charge in [-0.1, -0.05) is 19.1 Å². The molecular weight excluding hydrogens is 358 g/mol. The summed E-state index contributed by atoms with van der Waals surface area (Å²) in [5.74, 6) is 0.00795. The van der Waals surface area contributed by atoms with Crippen LogP contribution < -0.4 is 10.1 Å². The number of nitrogens with zero attached hydrogens (tertiary/aromatic N) is 2. The van der Waals surface area contributed by atoms with Crippen molar-refractivity contribution in [1.82, 2.24) is 9.78 Å². The largest absolute Gasteiger partial charge is 0.471 e. The average molecular weight is 379 g/mol. The third kappa shape index (κ3) is 4.76. The highest BCUT2D eigenvalue weighted by molar-refractivity contribution is 6.04. The standard InChI is InChI=1S/C21H21N3O4/c1-3-15-4-10-19(11-5-15)28-14-24-13-18(12-22-24)23-20(25)16-6-8-17(9-7-16)21(26)27-2/h4-13H,3,14H2,1-2H3,(H,23,25). The van der Waals surface area contributed by atoms with Gasteiger partial charge in [0.05, 0.1) is 30.8 Å². The molecule has 0 saturated carbocycles. The maximum atomic E-state index is 12.3. The topological polar surface area (TPSA) is 82.5 Å². The average Bonchev–Trinajstić information content (AvgIpc) is 3.19. The highest BCUT2D eigenvalue weighted by Crippen LogP contribution is 2.14. The zero-order valence-corrected chi connectivity index (χ0v) is 15.7. The van der Waals surface area contributed by atoms with Gasteiger partial charge in [-0.15, -0.1) is 0 Å². The number of benzene rings is 2. The van der Waals surface area contributed by atoms with Crippen LogP contribution in [-0.4, -0.2) is 28.8 Å². The highest BCUT2D eigenvalue weighted by Gasteiger charge is 2.10. The molecule has 3 rings (SSSR count). The minimum atomic E-state index is -0.447. The molecule has 1 amide bonds. The van der Waals surface area contributed by atoms with Crippen LogP contribution in [0.4, 0.5) is 5.69 Å². The van der Waals surface area contributed by atoms with Crippen LogP contribution in [0.1, 0.15) is 33.2 Å². The number of rotatable bonds is 7. The van der Waals surface area contributed by atoms with Gasteiger partial charge >= 0.3 is 5.97 Å². The molecule has 1 heterocycles. The number of amides is 1. The maximum Gasteiger partial charge on any atom is 0.337 e. The van der Waals surface area contributed by atoms with Gasteiger partial charge in [0.25, 0.3) is 5.91 Å². The van der Waals surface area contributed by atoms with Gasteiger partial charge < -0.3 is 14.8 Å². The van der Waals surface area contributed by atoms with Crippen molar-refractivity contribution in [3.63, 3.8) is 0 Å². The van der Waals surface area contributed by atoms with E-state index in [-0.39, 0.29) is 12.6 Å². The Balaban J connectivity index is 1.56. The zero-order chi connectivity index (χ0) is 19.9. The van der Waals surface area contributed by atoms with E-state index in [1.807, 2.05) is 24.3 Å². The van der Waals surface area contributed by atoms with Crippen molar-refractivity contribution in [3.8, 4) is 5.75 Å². The van der Waals surface area contributed by atoms with Crippen molar-refractivity contribution in [2.75, 3.05) is 12.4 Å². The van der Waals surface area contributed by atoms with Gasteiger partial charge in [0, 0.05) is 5.56 Å². The van der Waals surface area contributed by atoms with Gasteiger partial charge in [-0.25, -0.2) is 9.48 Å². The van der Waals surface area contributed by atoms with Crippen LogP contribution in [-0.2, 0) is 17.9 Å². The number of aromatic nitrogens is 2. The third-order valence-corrected chi connectivity index (χ3v) is 4.15. The Kier molecular flexibility index (Phi) is 6.06. The molecule has 28 heavy (non-hydrogen) atoms. The normalized spacial score (nSPS) is 10.4. The van der Waals surface area contributed by atoms with E-state index in [1.165, 1.54) is 12.7 Å². The molecule has 0 spiro atoms. The molecule has 0 saturated heterocycles. The number of hydrogen-bond acceptors (Lipinski definition) is 5. The van der Waals surface area contributed by atoms with Crippen LogP contribution in [0, 0.1) is 0 Å². The van der Waals surface area contributed by atoms with Crippen LogP contribution in [0.15, 0.2) is 60.9 Å². The van der Waals surface area contributed by atoms with Crippen LogP contribution in [0.25, 0.3) is 0 Å². The molecule has 0 aliphatic rings. The Morgan fingerprint density at radius 3 is 2.36 bits per heavy atom. The molecule has 1 N–H and O–H groups in total. The first-order valence-electron chi connectivity index (χ1n) is 8.83. The van der Waals surface area contributed by atoms with Crippen LogP contribution in [0.2, 0.25) is 0 Å². The maximum absolute atomic E-state index is 12.3. The zero-order valence-electron chi connectivity index (χ0n) is 15.7. The van der Waals surface area contributed by atoms with Gasteiger partial charge in [-0.2, -0.15) is 5.10 Å². The number of ether oxygens (including phenoxy) is 2. The first-order valence-corrected chi connectivity index (χ1v) is 8.83. The lowest BCUT2D eigenvalue weighted by Crippen LogP contribution is -2.12. The lowest BCUT2D eigenvalue weighted by atomic mass is 10.1. The highest BCUT2D eigenvalue weighted by atomic mass is 16.5. The second-order valence-electron chi connectivity index (χ2n) is 6.06. The molecule has 0 aliphatic heterocycles. The van der Waals surface area contributed by atoms with Crippen molar-refractivity contribution >= 4 is 17.6 Å². The smallest absolute Gasteiger partial charge is 0.337 e. The minimum absolute atomic E-state index is 0.231. The number of carbonyl (C=O) groups excluding carboxylic acids is 2. The Morgan fingerprint density at radius 1 is 1.04 bits per heavy atom. The van der Waals surface area contributed by atoms with Crippen molar-refractivity contribution in [3.05, 3.63) is 77.6 Å². The molecule has 0 unspecified atom stereocenters. The van der Waals surface area contributed by atoms with Crippen LogP contribution in [0.3, 0.4) is 0 Å². The fraction of sp³-hybridized carbons (Fsp3) is 0.190. The second kappa shape index (κ2) is 8.85. The molecule has 0 fully saturated rings. The minimum Gasteiger partial charge on any atom is -0.471 e. The fourth-order valence-corrected chi connectivity index (χ4v) is 2.54. The number of esters is 1. The molecule has 7 nitrogen and oxygen atoms in total. The van der Waals surface area contributed by atoms with Gasteiger partial charge in [0.15, 0.2) is 6.73 Å². The van der Waals surface area contributed by atoms with E-state index in [0.717, 1.165) is 12.2 Å². The summed E-state index contributed by atoms with van der Waals surface area (Å²) in [6, 6.07) is 14.1. The van der Waals surface area contributed by atoms with Crippen molar-refractivity contribution < 1.29 is 19.1 Å². The molecule has 1 aromatic heterocycles. The summed E-state index contributed by atoms with van der Waals surface area (Å²) in [6.45, 7) is 2.33. The summed E-state index contributed by atoms with van der Waals surface area (Å²) >= 11 is 0. The first-order chi connectivity index (χ1) is 13.6.